The Balaban J connectivity index is 1.23. The van der Waals surface area contributed by atoms with Gasteiger partial charge in [0.2, 0.25) is 0 Å². The quantitative estimate of drug-likeness (QED) is 0.271. The first-order valence-corrected chi connectivity index (χ1v) is 20.0. The molecule has 5 fully saturated rings. The zero-order valence-corrected chi connectivity index (χ0v) is 32.0. The fourth-order valence-corrected chi connectivity index (χ4v) is 13.4. The maximum absolute atomic E-state index is 13.5. The van der Waals surface area contributed by atoms with E-state index in [0.29, 0.717) is 49.5 Å². The zero-order chi connectivity index (χ0) is 36.0. The molecule has 2 aromatic heterocycles. The Hall–Kier alpha value is -2.62. The number of pyridine rings is 1. The van der Waals surface area contributed by atoms with Crippen LogP contribution in [0.3, 0.4) is 0 Å². The molecular weight excluding hydrogens is 638 g/mol. The van der Waals surface area contributed by atoms with Gasteiger partial charge in [0, 0.05) is 34.8 Å². The smallest absolute Gasteiger partial charge is 0.307 e. The number of aromatic nitrogens is 4. The highest BCUT2D eigenvalue weighted by molar-refractivity contribution is 5.73. The standard InChI is InChI=1S/C42H61N5O4/c1-26(2)27(3)38(4)16-17-40(6)30-10-11-33-39(5)23-50-24-42(33,31(30)12-15-41(40,7)34(38)37(48)49)21-32(35(39)51-22-29-9-8-18-44-29)47-36(45-25-46-47)28-13-19-43-20-14-28/h12-14,19-20,25-27,29-30,32-35,44H,8-11,15-18,21-24H2,1-7H3,(H,48,49)/t27-,29+,30+,32-,33+,34-,35+,38-,39+,40-,41+,42+/m1/s1. The minimum absolute atomic E-state index is 0.0312. The van der Waals surface area contributed by atoms with E-state index in [1.807, 2.05) is 24.5 Å². The molecule has 2 N–H and O–H groups in total. The van der Waals surface area contributed by atoms with Gasteiger partial charge in [0.25, 0.3) is 0 Å². The summed E-state index contributed by atoms with van der Waals surface area (Å²) in [4.78, 5) is 22.6. The van der Waals surface area contributed by atoms with Gasteiger partial charge in [0.15, 0.2) is 5.82 Å². The van der Waals surface area contributed by atoms with Crippen molar-refractivity contribution in [3.05, 3.63) is 42.5 Å². The summed E-state index contributed by atoms with van der Waals surface area (Å²) < 4.78 is 16.1. The van der Waals surface area contributed by atoms with Crippen molar-refractivity contribution in [2.75, 3.05) is 26.4 Å². The lowest BCUT2D eigenvalue weighted by Gasteiger charge is -2.71. The lowest BCUT2D eigenvalue weighted by Crippen LogP contribution is -2.69. The molecule has 3 saturated carbocycles. The molecule has 4 heterocycles. The van der Waals surface area contributed by atoms with Crippen molar-refractivity contribution in [1.82, 2.24) is 25.1 Å². The second-order valence-corrected chi connectivity index (χ2v) is 18.9. The van der Waals surface area contributed by atoms with Gasteiger partial charge in [-0.25, -0.2) is 9.67 Å². The van der Waals surface area contributed by atoms with Gasteiger partial charge < -0.3 is 19.9 Å². The van der Waals surface area contributed by atoms with Crippen molar-refractivity contribution in [3.8, 4) is 11.4 Å². The number of carboxylic acids is 1. The van der Waals surface area contributed by atoms with Crippen molar-refractivity contribution < 1.29 is 19.4 Å². The summed E-state index contributed by atoms with van der Waals surface area (Å²) in [6, 6.07) is 4.38. The molecule has 0 radical (unpaired) electrons. The van der Waals surface area contributed by atoms with E-state index in [2.05, 4.69) is 69.5 Å². The van der Waals surface area contributed by atoms with E-state index in [9.17, 15) is 9.90 Å². The highest BCUT2D eigenvalue weighted by Gasteiger charge is 2.72. The topological polar surface area (TPSA) is 111 Å². The molecule has 0 amide bonds. The summed E-state index contributed by atoms with van der Waals surface area (Å²) in [5, 5.41) is 19.8. The number of nitrogens with one attached hydrogen (secondary N) is 1. The van der Waals surface area contributed by atoms with Gasteiger partial charge in [-0.1, -0.05) is 60.1 Å². The third-order valence-corrected chi connectivity index (χ3v) is 16.6. The van der Waals surface area contributed by atoms with Crippen LogP contribution in [0.4, 0.5) is 0 Å². The third-order valence-electron chi connectivity index (χ3n) is 16.6. The van der Waals surface area contributed by atoms with Crippen molar-refractivity contribution in [2.24, 2.45) is 56.7 Å². The largest absolute Gasteiger partial charge is 0.481 e. The second-order valence-electron chi connectivity index (χ2n) is 18.9. The average molecular weight is 700 g/mol. The number of hydrogen-bond donors (Lipinski definition) is 2. The Kier molecular flexibility index (Phi) is 8.66. The number of rotatable bonds is 8. The van der Waals surface area contributed by atoms with Crippen molar-refractivity contribution in [3.63, 3.8) is 0 Å². The maximum Gasteiger partial charge on any atom is 0.307 e. The van der Waals surface area contributed by atoms with Crippen molar-refractivity contribution in [1.29, 1.82) is 0 Å². The molecule has 8 rings (SSSR count). The average Bonchev–Trinajstić information content (AvgIpc) is 3.81. The fraction of sp³-hybridized carbons (Fsp3) is 0.762. The van der Waals surface area contributed by atoms with Crippen LogP contribution < -0.4 is 5.32 Å². The van der Waals surface area contributed by atoms with Gasteiger partial charge in [-0.2, -0.15) is 5.10 Å². The minimum Gasteiger partial charge on any atom is -0.481 e. The molecular formula is C42H61N5O4. The molecule has 2 saturated heterocycles. The molecule has 12 atom stereocenters. The third kappa shape index (κ3) is 5.02. The van der Waals surface area contributed by atoms with Crippen LogP contribution in [0, 0.1) is 56.7 Å². The fourth-order valence-electron chi connectivity index (χ4n) is 13.4. The Morgan fingerprint density at radius 2 is 1.86 bits per heavy atom. The molecule has 0 aromatic carbocycles. The van der Waals surface area contributed by atoms with Gasteiger partial charge in [0.1, 0.15) is 6.33 Å². The molecule has 9 nitrogen and oxygen atoms in total. The van der Waals surface area contributed by atoms with Crippen LogP contribution in [-0.4, -0.2) is 69.3 Å². The zero-order valence-electron chi connectivity index (χ0n) is 32.0. The summed E-state index contributed by atoms with van der Waals surface area (Å²) >= 11 is 0. The number of ether oxygens (including phenoxy) is 2. The number of fused-ring (bicyclic) bond motifs is 3. The van der Waals surface area contributed by atoms with E-state index < -0.39 is 11.9 Å². The van der Waals surface area contributed by atoms with Crippen LogP contribution in [0.1, 0.15) is 106 Å². The van der Waals surface area contributed by atoms with Crippen LogP contribution in [-0.2, 0) is 14.3 Å². The summed E-state index contributed by atoms with van der Waals surface area (Å²) in [5.41, 5.74) is 1.41. The number of allylic oxidation sites excluding steroid dienone is 1. The van der Waals surface area contributed by atoms with Crippen LogP contribution in [0.2, 0.25) is 0 Å². The van der Waals surface area contributed by atoms with Crippen LogP contribution >= 0.6 is 0 Å². The van der Waals surface area contributed by atoms with Crippen LogP contribution in [0.5, 0.6) is 0 Å². The number of aliphatic carboxylic acids is 1. The Labute approximate surface area is 304 Å². The van der Waals surface area contributed by atoms with Crippen LogP contribution in [0.25, 0.3) is 11.4 Å². The highest BCUT2D eigenvalue weighted by Crippen LogP contribution is 2.75. The van der Waals surface area contributed by atoms with Crippen LogP contribution in [0.15, 0.2) is 42.5 Å². The molecule has 2 aromatic rings. The lowest BCUT2D eigenvalue weighted by atomic mass is 9.34. The monoisotopic (exact) mass is 699 g/mol. The van der Waals surface area contributed by atoms with Gasteiger partial charge in [-0.15, -0.1) is 0 Å². The highest BCUT2D eigenvalue weighted by atomic mass is 16.5. The van der Waals surface area contributed by atoms with Gasteiger partial charge >= 0.3 is 5.97 Å². The van der Waals surface area contributed by atoms with Crippen molar-refractivity contribution >= 4 is 5.97 Å². The normalized spacial score (nSPS) is 43.9. The molecule has 51 heavy (non-hydrogen) atoms. The molecule has 278 valence electrons. The van der Waals surface area contributed by atoms with E-state index in [1.54, 1.807) is 11.9 Å². The minimum atomic E-state index is -0.611. The number of carbonyl (C=O) groups is 1. The van der Waals surface area contributed by atoms with E-state index in [0.717, 1.165) is 62.9 Å². The van der Waals surface area contributed by atoms with Gasteiger partial charge in [-0.3, -0.25) is 9.78 Å². The van der Waals surface area contributed by atoms with E-state index in [1.165, 1.54) is 6.42 Å². The van der Waals surface area contributed by atoms with Gasteiger partial charge in [0.05, 0.1) is 37.9 Å². The molecule has 6 aliphatic rings. The maximum atomic E-state index is 13.5. The van der Waals surface area contributed by atoms with Gasteiger partial charge in [-0.05, 0) is 110 Å². The predicted molar refractivity (Wildman–Crippen MR) is 197 cm³/mol. The van der Waals surface area contributed by atoms with E-state index in [4.69, 9.17) is 19.6 Å². The summed E-state index contributed by atoms with van der Waals surface area (Å²) in [5.74, 6) is 1.31. The number of nitrogens with zero attached hydrogens (tertiary/aromatic N) is 4. The second kappa shape index (κ2) is 12.5. The molecule has 0 unspecified atom stereocenters. The molecule has 2 bridgehead atoms. The number of hydrogen-bond acceptors (Lipinski definition) is 7. The Bertz CT molecular complexity index is 1650. The first-order valence-electron chi connectivity index (χ1n) is 20.0. The lowest BCUT2D eigenvalue weighted by molar-refractivity contribution is -0.250. The summed E-state index contributed by atoms with van der Waals surface area (Å²) in [6.07, 6.45) is 16.0. The molecule has 9 heteroatoms. The van der Waals surface area contributed by atoms with Crippen molar-refractivity contribution in [2.45, 2.75) is 118 Å². The Morgan fingerprint density at radius 1 is 1.08 bits per heavy atom. The summed E-state index contributed by atoms with van der Waals surface area (Å²) in [6.45, 7) is 19.5. The molecule has 2 aliphatic heterocycles. The van der Waals surface area contributed by atoms with E-state index >= 15 is 0 Å². The SMILES string of the molecule is CC(C)[C@@H](C)[C@@]1(C)CC[C@]2(C)[C@H]3CC[C@@H]4[C@@]5(COC[C@]4(C)[C@@H](OC[C@@H]4CCCN4)[C@H](n4ncnc4-c4ccncc4)C5)C3=CC[C@@]2(C)[C@@H]1C(=O)O. The number of carboxylic acid groups (broad SMARTS) is 1. The first-order chi connectivity index (χ1) is 24.3. The van der Waals surface area contributed by atoms with E-state index in [-0.39, 0.29) is 39.2 Å². The summed E-state index contributed by atoms with van der Waals surface area (Å²) in [7, 11) is 0. The first kappa shape index (κ1) is 35.4. The Morgan fingerprint density at radius 3 is 2.57 bits per heavy atom. The molecule has 0 spiro atoms. The predicted octanol–water partition coefficient (Wildman–Crippen LogP) is 7.61. The molecule has 4 aliphatic carbocycles.